The molecule has 1 unspecified atom stereocenters. The summed E-state index contributed by atoms with van der Waals surface area (Å²) < 4.78 is 1.47. The van der Waals surface area contributed by atoms with E-state index in [1.807, 2.05) is 0 Å². The number of hydrogen-bond donors (Lipinski definition) is 1. The van der Waals surface area contributed by atoms with Crippen LogP contribution in [0.1, 0.15) is 19.8 Å². The van der Waals surface area contributed by atoms with Gasteiger partial charge < -0.3 is 5.73 Å². The largest absolute Gasteiger partial charge is 0.324 e. The van der Waals surface area contributed by atoms with Gasteiger partial charge in [0.2, 0.25) is 0 Å². The van der Waals surface area contributed by atoms with Gasteiger partial charge in [-0.15, -0.1) is 12.4 Å². The number of allylic oxidation sites excluding steroid dienone is 1. The zero-order valence-corrected chi connectivity index (χ0v) is 8.33. The van der Waals surface area contributed by atoms with E-state index in [-0.39, 0.29) is 12.4 Å². The van der Waals surface area contributed by atoms with Gasteiger partial charge in [0.25, 0.3) is 0 Å². The number of rotatable bonds is 0. The molecule has 0 aromatic carbocycles. The highest BCUT2D eigenvalue weighted by molar-refractivity contribution is 14.1. The molecule has 0 saturated heterocycles. The monoisotopic (exact) mass is 259 g/mol. The maximum atomic E-state index is 5.71. The van der Waals surface area contributed by atoms with E-state index in [1.165, 1.54) is 15.6 Å². The van der Waals surface area contributed by atoms with E-state index in [0.717, 1.165) is 6.42 Å². The first-order chi connectivity index (χ1) is 3.72. The van der Waals surface area contributed by atoms with Crippen molar-refractivity contribution in [2.45, 2.75) is 25.8 Å². The molecule has 0 radical (unpaired) electrons. The molecule has 0 aromatic rings. The standard InChI is InChI=1S/C6H10IN.ClH/c1-4-5(7)2-3-6(4)8;/h6H,2-3,8H2,1H3;1H. The number of nitrogens with two attached hydrogens (primary N) is 1. The van der Waals surface area contributed by atoms with Gasteiger partial charge >= 0.3 is 0 Å². The van der Waals surface area contributed by atoms with Crippen LogP contribution in [0.25, 0.3) is 0 Å². The van der Waals surface area contributed by atoms with Crippen molar-refractivity contribution in [2.24, 2.45) is 5.73 Å². The molecule has 54 valence electrons. The van der Waals surface area contributed by atoms with E-state index in [0.29, 0.717) is 6.04 Å². The van der Waals surface area contributed by atoms with Crippen LogP contribution in [0.3, 0.4) is 0 Å². The third-order valence-corrected chi connectivity index (χ3v) is 3.05. The molecule has 0 amide bonds. The molecule has 0 spiro atoms. The minimum absolute atomic E-state index is 0. The lowest BCUT2D eigenvalue weighted by atomic mass is 10.2. The second-order valence-corrected chi connectivity index (χ2v) is 3.54. The Balaban J connectivity index is 0.000000640. The average Bonchev–Trinajstić information content (AvgIpc) is 1.98. The van der Waals surface area contributed by atoms with Crippen LogP contribution < -0.4 is 5.73 Å². The van der Waals surface area contributed by atoms with Gasteiger partial charge in [0.1, 0.15) is 0 Å². The fourth-order valence-electron chi connectivity index (χ4n) is 0.897. The number of halogens is 2. The van der Waals surface area contributed by atoms with Gasteiger partial charge in [0.15, 0.2) is 0 Å². The van der Waals surface area contributed by atoms with Crippen molar-refractivity contribution >= 4 is 35.0 Å². The van der Waals surface area contributed by atoms with Crippen molar-refractivity contribution in [1.29, 1.82) is 0 Å². The summed E-state index contributed by atoms with van der Waals surface area (Å²) >= 11 is 2.37. The summed E-state index contributed by atoms with van der Waals surface area (Å²) in [7, 11) is 0. The fourth-order valence-corrected chi connectivity index (χ4v) is 1.61. The highest BCUT2D eigenvalue weighted by Crippen LogP contribution is 2.29. The number of hydrogen-bond acceptors (Lipinski definition) is 1. The fraction of sp³-hybridized carbons (Fsp3) is 0.667. The smallest absolute Gasteiger partial charge is 0.0264 e. The van der Waals surface area contributed by atoms with Crippen LogP contribution >= 0.6 is 35.0 Å². The molecule has 1 nitrogen and oxygen atoms in total. The van der Waals surface area contributed by atoms with Crippen LogP contribution in [-0.2, 0) is 0 Å². The Labute approximate surface area is 75.6 Å². The molecular weight excluding hydrogens is 248 g/mol. The molecule has 1 aliphatic carbocycles. The zero-order chi connectivity index (χ0) is 6.15. The lowest BCUT2D eigenvalue weighted by molar-refractivity contribution is 0.752. The maximum Gasteiger partial charge on any atom is 0.0264 e. The summed E-state index contributed by atoms with van der Waals surface area (Å²) in [6, 6.07) is 0.363. The third kappa shape index (κ3) is 2.09. The summed E-state index contributed by atoms with van der Waals surface area (Å²) in [5.41, 5.74) is 7.10. The zero-order valence-electron chi connectivity index (χ0n) is 5.36. The second-order valence-electron chi connectivity index (χ2n) is 2.23. The van der Waals surface area contributed by atoms with Crippen LogP contribution in [0, 0.1) is 0 Å². The van der Waals surface area contributed by atoms with Crippen molar-refractivity contribution in [3.8, 4) is 0 Å². The quantitative estimate of drug-likeness (QED) is 0.664. The summed E-state index contributed by atoms with van der Waals surface area (Å²) in [4.78, 5) is 0. The summed E-state index contributed by atoms with van der Waals surface area (Å²) in [5.74, 6) is 0. The van der Waals surface area contributed by atoms with Gasteiger partial charge in [-0.3, -0.25) is 0 Å². The van der Waals surface area contributed by atoms with Crippen LogP contribution in [0.5, 0.6) is 0 Å². The molecule has 0 heterocycles. The summed E-state index contributed by atoms with van der Waals surface area (Å²) in [6.45, 7) is 2.12. The lowest BCUT2D eigenvalue weighted by Gasteiger charge is -2.00. The van der Waals surface area contributed by atoms with E-state index < -0.39 is 0 Å². The molecule has 0 saturated carbocycles. The molecule has 0 fully saturated rings. The van der Waals surface area contributed by atoms with Gasteiger partial charge in [0.05, 0.1) is 0 Å². The first kappa shape index (κ1) is 9.72. The molecule has 1 aliphatic rings. The molecule has 0 aromatic heterocycles. The van der Waals surface area contributed by atoms with Crippen LogP contribution in [0.4, 0.5) is 0 Å². The van der Waals surface area contributed by atoms with Gasteiger partial charge in [-0.05, 0) is 51.5 Å². The van der Waals surface area contributed by atoms with Crippen LogP contribution in [0.2, 0.25) is 0 Å². The Bertz CT molecular complexity index is 133. The van der Waals surface area contributed by atoms with Gasteiger partial charge in [-0.2, -0.15) is 0 Å². The maximum absolute atomic E-state index is 5.71. The summed E-state index contributed by atoms with van der Waals surface area (Å²) in [6.07, 6.45) is 2.36. The molecule has 2 N–H and O–H groups in total. The van der Waals surface area contributed by atoms with E-state index in [4.69, 9.17) is 5.73 Å². The van der Waals surface area contributed by atoms with Crippen molar-refractivity contribution in [1.82, 2.24) is 0 Å². The average molecular weight is 260 g/mol. The van der Waals surface area contributed by atoms with Crippen molar-refractivity contribution in [3.05, 3.63) is 9.15 Å². The first-order valence-corrected chi connectivity index (χ1v) is 3.90. The Kier molecular flexibility index (Phi) is 4.09. The van der Waals surface area contributed by atoms with Gasteiger partial charge in [-0.25, -0.2) is 0 Å². The van der Waals surface area contributed by atoms with Crippen LogP contribution in [-0.4, -0.2) is 6.04 Å². The minimum atomic E-state index is 0. The predicted octanol–water partition coefficient (Wildman–Crippen LogP) is 2.24. The van der Waals surface area contributed by atoms with Crippen molar-refractivity contribution in [3.63, 3.8) is 0 Å². The van der Waals surface area contributed by atoms with Gasteiger partial charge in [0, 0.05) is 6.04 Å². The summed E-state index contributed by atoms with van der Waals surface area (Å²) in [5, 5.41) is 0. The SMILES string of the molecule is CC1=C(I)CCC1N.Cl. The van der Waals surface area contributed by atoms with E-state index in [9.17, 15) is 0 Å². The molecule has 1 atom stereocenters. The van der Waals surface area contributed by atoms with E-state index >= 15 is 0 Å². The second kappa shape index (κ2) is 3.78. The highest BCUT2D eigenvalue weighted by atomic mass is 127. The van der Waals surface area contributed by atoms with E-state index in [2.05, 4.69) is 29.5 Å². The van der Waals surface area contributed by atoms with Gasteiger partial charge in [-0.1, -0.05) is 0 Å². The normalized spacial score (nSPS) is 26.3. The first-order valence-electron chi connectivity index (χ1n) is 2.82. The Morgan fingerprint density at radius 2 is 2.22 bits per heavy atom. The highest BCUT2D eigenvalue weighted by Gasteiger charge is 2.15. The Morgan fingerprint density at radius 1 is 1.67 bits per heavy atom. The topological polar surface area (TPSA) is 26.0 Å². The van der Waals surface area contributed by atoms with Crippen LogP contribution in [0.15, 0.2) is 9.15 Å². The Morgan fingerprint density at radius 3 is 2.33 bits per heavy atom. The Hall–Kier alpha value is 0.720. The third-order valence-electron chi connectivity index (χ3n) is 1.66. The molecule has 1 rings (SSSR count). The molecule has 0 aliphatic heterocycles. The van der Waals surface area contributed by atoms with E-state index in [1.54, 1.807) is 0 Å². The molecule has 9 heavy (non-hydrogen) atoms. The molecule has 0 bridgehead atoms. The predicted molar refractivity (Wildman–Crippen MR) is 51.2 cm³/mol. The minimum Gasteiger partial charge on any atom is -0.324 e. The molecule has 3 heteroatoms. The van der Waals surface area contributed by atoms with Crippen molar-refractivity contribution < 1.29 is 0 Å². The molecular formula is C6H11ClIN. The lowest BCUT2D eigenvalue weighted by Crippen LogP contribution is -2.16. The van der Waals surface area contributed by atoms with Crippen molar-refractivity contribution in [2.75, 3.05) is 0 Å².